The average Bonchev–Trinajstić information content (AvgIpc) is 2.41. The summed E-state index contributed by atoms with van der Waals surface area (Å²) in [6, 6.07) is 3.02. The molecule has 3 N–H and O–H groups in total. The first-order valence-corrected chi connectivity index (χ1v) is 6.00. The molecule has 1 saturated heterocycles. The van der Waals surface area contributed by atoms with Crippen molar-refractivity contribution in [2.75, 3.05) is 12.3 Å². The largest absolute Gasteiger partial charge is 0.393 e. The molecular weight excluding hydrogens is 280 g/mol. The van der Waals surface area contributed by atoms with Crippen LogP contribution in [0.25, 0.3) is 0 Å². The van der Waals surface area contributed by atoms with E-state index in [9.17, 15) is 24.5 Å². The minimum absolute atomic E-state index is 0.161. The van der Waals surface area contributed by atoms with Crippen LogP contribution in [0.15, 0.2) is 18.2 Å². The van der Waals surface area contributed by atoms with E-state index in [2.05, 4.69) is 5.32 Å². The zero-order chi connectivity index (χ0) is 15.7. The number of nitro groups is 1. The highest BCUT2D eigenvalue weighted by atomic mass is 16.6. The number of nitro benzene ring substituents is 1. The average molecular weight is 292 g/mol. The summed E-state index contributed by atoms with van der Waals surface area (Å²) >= 11 is 0. The van der Waals surface area contributed by atoms with Crippen LogP contribution in [0.1, 0.15) is 17.3 Å². The second-order valence-electron chi connectivity index (χ2n) is 4.52. The Morgan fingerprint density at radius 2 is 2.14 bits per heavy atom. The molecule has 1 aromatic carbocycles. The SMILES string of the molecule is CC1C(=O)NC(=O)CN1C(=O)c1cccc(N)c1[N+](=O)[O-]. The number of benzene rings is 1. The number of para-hydroxylation sites is 1. The van der Waals surface area contributed by atoms with Crippen molar-refractivity contribution in [3.05, 3.63) is 33.9 Å². The van der Waals surface area contributed by atoms with E-state index >= 15 is 0 Å². The van der Waals surface area contributed by atoms with E-state index < -0.39 is 34.4 Å². The van der Waals surface area contributed by atoms with E-state index in [-0.39, 0.29) is 17.8 Å². The van der Waals surface area contributed by atoms with Gasteiger partial charge in [0, 0.05) is 0 Å². The van der Waals surface area contributed by atoms with Crippen LogP contribution < -0.4 is 11.1 Å². The third-order valence-corrected chi connectivity index (χ3v) is 3.16. The van der Waals surface area contributed by atoms with Crippen LogP contribution in [0.5, 0.6) is 0 Å². The van der Waals surface area contributed by atoms with Crippen molar-refractivity contribution in [1.29, 1.82) is 0 Å². The van der Waals surface area contributed by atoms with Gasteiger partial charge in [0.05, 0.1) is 4.92 Å². The number of hydrogen-bond acceptors (Lipinski definition) is 6. The van der Waals surface area contributed by atoms with Crippen molar-refractivity contribution in [3.63, 3.8) is 0 Å². The lowest BCUT2D eigenvalue weighted by atomic mass is 10.1. The number of rotatable bonds is 2. The summed E-state index contributed by atoms with van der Waals surface area (Å²) in [4.78, 5) is 46.6. The molecule has 1 fully saturated rings. The van der Waals surface area contributed by atoms with Crippen LogP contribution in [-0.2, 0) is 9.59 Å². The van der Waals surface area contributed by atoms with Gasteiger partial charge < -0.3 is 10.6 Å². The molecule has 2 rings (SSSR count). The van der Waals surface area contributed by atoms with Gasteiger partial charge >= 0.3 is 5.69 Å². The normalized spacial score (nSPS) is 18.3. The highest BCUT2D eigenvalue weighted by Gasteiger charge is 2.36. The van der Waals surface area contributed by atoms with Gasteiger partial charge in [-0.05, 0) is 19.1 Å². The summed E-state index contributed by atoms with van der Waals surface area (Å²) in [6.07, 6.45) is 0. The molecular formula is C12H12N4O5. The molecule has 3 amide bonds. The van der Waals surface area contributed by atoms with E-state index in [4.69, 9.17) is 5.73 Å². The van der Waals surface area contributed by atoms with Crippen molar-refractivity contribution in [2.45, 2.75) is 13.0 Å². The summed E-state index contributed by atoms with van der Waals surface area (Å²) in [7, 11) is 0. The third kappa shape index (κ3) is 2.53. The molecule has 1 aromatic rings. The van der Waals surface area contributed by atoms with E-state index in [0.717, 1.165) is 4.90 Å². The monoisotopic (exact) mass is 292 g/mol. The van der Waals surface area contributed by atoms with Gasteiger partial charge in [-0.1, -0.05) is 6.07 Å². The molecule has 0 aliphatic carbocycles. The number of imide groups is 1. The molecule has 0 spiro atoms. The van der Waals surface area contributed by atoms with Gasteiger partial charge in [0.2, 0.25) is 11.8 Å². The molecule has 1 aliphatic heterocycles. The second-order valence-corrected chi connectivity index (χ2v) is 4.52. The van der Waals surface area contributed by atoms with Gasteiger partial charge in [0.25, 0.3) is 5.91 Å². The van der Waals surface area contributed by atoms with Crippen molar-refractivity contribution in [3.8, 4) is 0 Å². The molecule has 0 aromatic heterocycles. The number of carbonyl (C=O) groups is 3. The standard InChI is InChI=1S/C12H12N4O5/c1-6-11(18)14-9(17)5-15(6)12(19)7-3-2-4-8(13)10(7)16(20)21/h2-4,6H,5,13H2,1H3,(H,14,17,18). The molecule has 21 heavy (non-hydrogen) atoms. The summed E-state index contributed by atoms with van der Waals surface area (Å²) < 4.78 is 0. The Morgan fingerprint density at radius 3 is 2.76 bits per heavy atom. The van der Waals surface area contributed by atoms with Crippen molar-refractivity contribution in [1.82, 2.24) is 10.2 Å². The first kappa shape index (κ1) is 14.4. The Hall–Kier alpha value is -2.97. The number of nitrogens with zero attached hydrogens (tertiary/aromatic N) is 2. The molecule has 0 bridgehead atoms. The van der Waals surface area contributed by atoms with Gasteiger partial charge in [0.15, 0.2) is 0 Å². The smallest absolute Gasteiger partial charge is 0.304 e. The maximum absolute atomic E-state index is 12.4. The number of nitrogens with two attached hydrogens (primary N) is 1. The number of piperazine rings is 1. The molecule has 0 saturated carbocycles. The predicted octanol–water partition coefficient (Wildman–Crippen LogP) is -0.336. The minimum atomic E-state index is -0.906. The van der Waals surface area contributed by atoms with Crippen LogP contribution in [0.3, 0.4) is 0 Å². The van der Waals surface area contributed by atoms with Crippen molar-refractivity contribution >= 4 is 29.1 Å². The van der Waals surface area contributed by atoms with Crippen LogP contribution in [0.2, 0.25) is 0 Å². The van der Waals surface area contributed by atoms with Crippen LogP contribution in [0.4, 0.5) is 11.4 Å². The Bertz CT molecular complexity index is 657. The zero-order valence-electron chi connectivity index (χ0n) is 11.0. The minimum Gasteiger partial charge on any atom is -0.393 e. The maximum Gasteiger partial charge on any atom is 0.304 e. The van der Waals surface area contributed by atoms with Gasteiger partial charge in [-0.25, -0.2) is 0 Å². The Morgan fingerprint density at radius 1 is 1.48 bits per heavy atom. The van der Waals surface area contributed by atoms with E-state index in [1.807, 2.05) is 0 Å². The summed E-state index contributed by atoms with van der Waals surface area (Å²) in [5.41, 5.74) is 4.57. The van der Waals surface area contributed by atoms with Gasteiger partial charge in [-0.2, -0.15) is 0 Å². The molecule has 9 heteroatoms. The fraction of sp³-hybridized carbons (Fsp3) is 0.250. The molecule has 1 atom stereocenters. The predicted molar refractivity (Wildman–Crippen MR) is 71.2 cm³/mol. The second kappa shape index (κ2) is 5.19. The number of nitrogens with one attached hydrogen (secondary N) is 1. The van der Waals surface area contributed by atoms with Gasteiger partial charge in [-0.3, -0.25) is 29.8 Å². The summed E-state index contributed by atoms with van der Waals surface area (Å²) in [6.45, 7) is 1.08. The van der Waals surface area contributed by atoms with Gasteiger partial charge in [0.1, 0.15) is 23.8 Å². The highest BCUT2D eigenvalue weighted by Crippen LogP contribution is 2.27. The third-order valence-electron chi connectivity index (χ3n) is 3.16. The number of hydrogen-bond donors (Lipinski definition) is 2. The van der Waals surface area contributed by atoms with Crippen molar-refractivity contribution in [2.24, 2.45) is 0 Å². The highest BCUT2D eigenvalue weighted by molar-refractivity contribution is 6.08. The first-order valence-electron chi connectivity index (χ1n) is 6.00. The first-order chi connectivity index (χ1) is 9.82. The maximum atomic E-state index is 12.4. The fourth-order valence-electron chi connectivity index (χ4n) is 2.05. The lowest BCUT2D eigenvalue weighted by Crippen LogP contribution is -2.58. The van der Waals surface area contributed by atoms with E-state index in [0.29, 0.717) is 0 Å². The zero-order valence-corrected chi connectivity index (χ0v) is 11.0. The van der Waals surface area contributed by atoms with Crippen LogP contribution in [0, 0.1) is 10.1 Å². The molecule has 1 aliphatic rings. The number of carbonyl (C=O) groups excluding carboxylic acids is 3. The van der Waals surface area contributed by atoms with E-state index in [1.165, 1.54) is 25.1 Å². The topological polar surface area (TPSA) is 136 Å². The fourth-order valence-corrected chi connectivity index (χ4v) is 2.05. The number of anilines is 1. The Balaban J connectivity index is 2.45. The van der Waals surface area contributed by atoms with Crippen LogP contribution >= 0.6 is 0 Å². The Labute approximate surface area is 118 Å². The molecule has 9 nitrogen and oxygen atoms in total. The quantitative estimate of drug-likeness (QED) is 0.331. The molecule has 1 heterocycles. The Kier molecular flexibility index (Phi) is 3.57. The summed E-state index contributed by atoms with van der Waals surface area (Å²) in [5, 5.41) is 13.1. The van der Waals surface area contributed by atoms with Gasteiger partial charge in [-0.15, -0.1) is 0 Å². The summed E-state index contributed by atoms with van der Waals surface area (Å²) in [5.74, 6) is -2.06. The van der Waals surface area contributed by atoms with E-state index in [1.54, 1.807) is 0 Å². The molecule has 0 radical (unpaired) electrons. The van der Waals surface area contributed by atoms with Crippen LogP contribution in [-0.4, -0.2) is 40.1 Å². The lowest BCUT2D eigenvalue weighted by molar-refractivity contribution is -0.384. The number of nitrogen functional groups attached to an aromatic ring is 1. The molecule has 110 valence electrons. The number of amides is 3. The molecule has 1 unspecified atom stereocenters. The lowest BCUT2D eigenvalue weighted by Gasteiger charge is -2.31. The van der Waals surface area contributed by atoms with Crippen molar-refractivity contribution < 1.29 is 19.3 Å².